The SMILES string of the molecule is CC(C)(C)c1cc2cn(-c3ccc(C(=O)NCCCN=C(N)N)cc3)c(=O)nc2[nH]1.CC(C)(C)c1ccc(S(=O)(=O)N(CCCC2CCCC2)C2CCNCC2)cc1. The summed E-state index contributed by atoms with van der Waals surface area (Å²) in [6.45, 7) is 16.1. The van der Waals surface area contributed by atoms with E-state index in [9.17, 15) is 18.0 Å². The molecule has 0 bridgehead atoms. The normalized spacial score (nSPS) is 15.6. The molecule has 1 aliphatic heterocycles. The maximum absolute atomic E-state index is 13.5. The maximum atomic E-state index is 13.5. The first kappa shape index (κ1) is 44.6. The van der Waals surface area contributed by atoms with Crippen LogP contribution in [0, 0.1) is 5.92 Å². The van der Waals surface area contributed by atoms with Crippen LogP contribution in [0.2, 0.25) is 0 Å². The van der Waals surface area contributed by atoms with E-state index in [-0.39, 0.29) is 34.4 Å². The maximum Gasteiger partial charge on any atom is 0.354 e. The number of hydrogen-bond acceptors (Lipinski definition) is 7. The lowest BCUT2D eigenvalue weighted by atomic mass is 9.87. The number of fused-ring (bicyclic) bond motifs is 1. The van der Waals surface area contributed by atoms with Gasteiger partial charge >= 0.3 is 5.69 Å². The summed E-state index contributed by atoms with van der Waals surface area (Å²) in [6.07, 6.45) is 11.7. The predicted molar refractivity (Wildman–Crippen MR) is 234 cm³/mol. The molecule has 14 heteroatoms. The van der Waals surface area contributed by atoms with Gasteiger partial charge in [0, 0.05) is 53.9 Å². The van der Waals surface area contributed by atoms with Crippen molar-refractivity contribution in [1.29, 1.82) is 0 Å². The van der Waals surface area contributed by atoms with Crippen LogP contribution in [-0.2, 0) is 20.9 Å². The lowest BCUT2D eigenvalue weighted by Gasteiger charge is -2.34. The van der Waals surface area contributed by atoms with E-state index < -0.39 is 10.0 Å². The van der Waals surface area contributed by atoms with E-state index in [1.807, 2.05) is 22.5 Å². The van der Waals surface area contributed by atoms with Crippen LogP contribution in [0.15, 0.2) is 75.5 Å². The number of sulfonamides is 1. The highest BCUT2D eigenvalue weighted by molar-refractivity contribution is 7.89. The van der Waals surface area contributed by atoms with Crippen molar-refractivity contribution in [2.45, 2.75) is 121 Å². The number of aromatic amines is 1. The molecule has 0 unspecified atom stereocenters. The molecule has 13 nitrogen and oxygen atoms in total. The Kier molecular flexibility index (Phi) is 15.0. The summed E-state index contributed by atoms with van der Waals surface area (Å²) < 4.78 is 30.4. The van der Waals surface area contributed by atoms with E-state index >= 15 is 0 Å². The van der Waals surface area contributed by atoms with Gasteiger partial charge < -0.3 is 27.1 Å². The molecule has 1 saturated heterocycles. The summed E-state index contributed by atoms with van der Waals surface area (Å²) in [5.41, 5.74) is 14.0. The minimum Gasteiger partial charge on any atom is -0.370 e. The van der Waals surface area contributed by atoms with Gasteiger partial charge in [0.25, 0.3) is 5.91 Å². The number of aromatic nitrogens is 3. The number of H-pyrrole nitrogens is 1. The third-order valence-corrected chi connectivity index (χ3v) is 13.1. The second kappa shape index (κ2) is 19.5. The Morgan fingerprint density at radius 1 is 0.931 bits per heavy atom. The van der Waals surface area contributed by atoms with Gasteiger partial charge in [0.15, 0.2) is 5.96 Å². The first-order valence-corrected chi connectivity index (χ1v) is 22.3. The molecule has 1 saturated carbocycles. The number of nitrogens with one attached hydrogen (secondary N) is 3. The number of piperidine rings is 1. The smallest absolute Gasteiger partial charge is 0.354 e. The van der Waals surface area contributed by atoms with Crippen molar-refractivity contribution < 1.29 is 13.2 Å². The Balaban J connectivity index is 0.000000221. The van der Waals surface area contributed by atoms with E-state index in [1.54, 1.807) is 42.6 Å². The summed E-state index contributed by atoms with van der Waals surface area (Å²) in [5, 5.41) is 7.02. The first-order valence-electron chi connectivity index (χ1n) is 20.8. The highest BCUT2D eigenvalue weighted by Gasteiger charge is 2.32. The second-order valence-corrected chi connectivity index (χ2v) is 19.6. The van der Waals surface area contributed by atoms with Crippen molar-refractivity contribution in [2.75, 3.05) is 32.7 Å². The molecule has 1 amide bonds. The molecule has 58 heavy (non-hydrogen) atoms. The van der Waals surface area contributed by atoms with Crippen LogP contribution in [0.4, 0.5) is 0 Å². The fraction of sp³-hybridized carbons (Fsp3) is 0.545. The van der Waals surface area contributed by atoms with Gasteiger partial charge in [-0.05, 0) is 105 Å². The molecule has 0 radical (unpaired) electrons. The van der Waals surface area contributed by atoms with Crippen LogP contribution in [0.3, 0.4) is 0 Å². The number of rotatable bonds is 13. The zero-order valence-corrected chi connectivity index (χ0v) is 36.1. The minimum atomic E-state index is -3.45. The van der Waals surface area contributed by atoms with Crippen LogP contribution in [0.5, 0.6) is 0 Å². The lowest BCUT2D eigenvalue weighted by molar-refractivity contribution is 0.0953. The Hall–Kier alpha value is -4.53. The molecule has 7 N–H and O–H groups in total. The van der Waals surface area contributed by atoms with E-state index in [4.69, 9.17) is 11.5 Å². The van der Waals surface area contributed by atoms with Gasteiger partial charge in [-0.25, -0.2) is 13.2 Å². The first-order chi connectivity index (χ1) is 27.4. The quantitative estimate of drug-likeness (QED) is 0.0607. The molecule has 316 valence electrons. The zero-order valence-electron chi connectivity index (χ0n) is 35.3. The number of guanidine groups is 1. The van der Waals surface area contributed by atoms with Crippen molar-refractivity contribution in [1.82, 2.24) is 29.5 Å². The average Bonchev–Trinajstić information content (AvgIpc) is 3.86. The van der Waals surface area contributed by atoms with Crippen LogP contribution in [-0.4, -0.2) is 77.9 Å². The van der Waals surface area contributed by atoms with Gasteiger partial charge in [0.1, 0.15) is 5.65 Å². The molecular formula is C44H65N9O4S. The number of aliphatic imine (C=N–C) groups is 1. The van der Waals surface area contributed by atoms with Gasteiger partial charge in [-0.15, -0.1) is 0 Å². The van der Waals surface area contributed by atoms with Crippen molar-refractivity contribution in [3.05, 3.63) is 88.1 Å². The highest BCUT2D eigenvalue weighted by atomic mass is 32.2. The van der Waals surface area contributed by atoms with Crippen molar-refractivity contribution in [3.63, 3.8) is 0 Å². The lowest BCUT2D eigenvalue weighted by Crippen LogP contribution is -2.46. The number of nitrogens with two attached hydrogens (primary N) is 2. The number of carbonyl (C=O) groups excluding carboxylic acids is 1. The molecule has 2 aromatic carbocycles. The Bertz CT molecular complexity index is 2150. The monoisotopic (exact) mass is 815 g/mol. The molecule has 0 spiro atoms. The Labute approximate surface area is 344 Å². The van der Waals surface area contributed by atoms with Crippen LogP contribution >= 0.6 is 0 Å². The molecule has 1 aliphatic carbocycles. The van der Waals surface area contributed by atoms with Crippen LogP contribution in [0.25, 0.3) is 16.7 Å². The molecule has 0 atom stereocenters. The van der Waals surface area contributed by atoms with Gasteiger partial charge in [0.05, 0.1) is 10.6 Å². The van der Waals surface area contributed by atoms with E-state index in [0.717, 1.165) is 49.4 Å². The Morgan fingerprint density at radius 3 is 2.19 bits per heavy atom. The molecule has 6 rings (SSSR count). The highest BCUT2D eigenvalue weighted by Crippen LogP contribution is 2.31. The van der Waals surface area contributed by atoms with E-state index in [0.29, 0.717) is 47.8 Å². The van der Waals surface area contributed by atoms with Gasteiger partial charge in [0.2, 0.25) is 10.0 Å². The number of hydrogen-bond donors (Lipinski definition) is 5. The molecule has 4 aromatic rings. The van der Waals surface area contributed by atoms with Gasteiger partial charge in [-0.1, -0.05) is 79.4 Å². The third-order valence-electron chi connectivity index (χ3n) is 11.1. The summed E-state index contributed by atoms with van der Waals surface area (Å²) in [7, 11) is -3.45. The zero-order chi connectivity index (χ0) is 42.1. The van der Waals surface area contributed by atoms with Crippen LogP contribution in [0.1, 0.15) is 121 Å². The van der Waals surface area contributed by atoms with Crippen molar-refractivity contribution in [3.8, 4) is 5.69 Å². The average molecular weight is 816 g/mol. The summed E-state index contributed by atoms with van der Waals surface area (Å²) in [4.78, 5) is 36.4. The fourth-order valence-corrected chi connectivity index (χ4v) is 9.36. The standard InChI is InChI=1S/C23H38N2O2S.C21H27N7O2/c1-23(2,3)20-10-12-22(13-11-20)28(26,27)25(21-14-16-24-17-15-21)18-6-9-19-7-4-5-8-19;1-21(2,3)16-11-14-12-28(20(30)27-17(14)26-16)15-7-5-13(6-8-15)18(29)24-9-4-10-25-19(22)23/h10-13,19,21,24H,4-9,14-18H2,1-3H3;5-8,11-12H,4,9-10H2,1-3H3,(H,24,29)(H4,22,23,25)(H,26,27,30). The fourth-order valence-electron chi connectivity index (χ4n) is 7.64. The van der Waals surface area contributed by atoms with E-state index in [2.05, 4.69) is 67.1 Å². The summed E-state index contributed by atoms with van der Waals surface area (Å²) in [6, 6.07) is 16.5. The predicted octanol–water partition coefficient (Wildman–Crippen LogP) is 6.10. The molecule has 3 heterocycles. The number of carbonyl (C=O) groups is 1. The third kappa shape index (κ3) is 12.0. The molecular weight excluding hydrogens is 751 g/mol. The van der Waals surface area contributed by atoms with Gasteiger partial charge in [-0.2, -0.15) is 9.29 Å². The largest absolute Gasteiger partial charge is 0.370 e. The molecule has 2 aromatic heterocycles. The van der Waals surface area contributed by atoms with Crippen molar-refractivity contribution >= 4 is 32.9 Å². The topological polar surface area (TPSA) is 194 Å². The molecule has 2 fully saturated rings. The summed E-state index contributed by atoms with van der Waals surface area (Å²) in [5.74, 6) is 0.644. The minimum absolute atomic E-state index is 0.0261. The number of benzene rings is 2. The van der Waals surface area contributed by atoms with E-state index in [1.165, 1.54) is 42.2 Å². The Morgan fingerprint density at radius 2 is 1.59 bits per heavy atom. The number of amides is 1. The van der Waals surface area contributed by atoms with Crippen LogP contribution < -0.4 is 27.8 Å². The number of nitrogens with zero attached hydrogens (tertiary/aromatic N) is 4. The van der Waals surface area contributed by atoms with Crippen molar-refractivity contribution in [2.24, 2.45) is 22.4 Å². The molecule has 2 aliphatic rings. The second-order valence-electron chi connectivity index (χ2n) is 17.8. The van der Waals surface area contributed by atoms with Gasteiger partial charge in [-0.3, -0.25) is 14.4 Å². The summed E-state index contributed by atoms with van der Waals surface area (Å²) >= 11 is 0.